The van der Waals surface area contributed by atoms with E-state index in [4.69, 9.17) is 14.2 Å². The maximum absolute atomic E-state index is 13.4. The van der Waals surface area contributed by atoms with Crippen LogP contribution in [0.5, 0.6) is 0 Å². The molecule has 4 aliphatic rings. The topological polar surface area (TPSA) is 85.3 Å². The first-order valence-corrected chi connectivity index (χ1v) is 16.6. The maximum Gasteiger partial charge on any atom is 0.326 e. The third-order valence-electron chi connectivity index (χ3n) is 10.4. The predicted molar refractivity (Wildman–Crippen MR) is 173 cm³/mol. The summed E-state index contributed by atoms with van der Waals surface area (Å²) in [4.78, 5) is 28.6. The molecule has 43 heavy (non-hydrogen) atoms. The Morgan fingerprint density at radius 1 is 1.16 bits per heavy atom. The van der Waals surface area contributed by atoms with Crippen LogP contribution in [0.2, 0.25) is 0 Å². The zero-order valence-corrected chi connectivity index (χ0v) is 29.5. The molecular formula is C36H61NO6. The van der Waals surface area contributed by atoms with Crippen LogP contribution in [-0.4, -0.2) is 65.6 Å². The van der Waals surface area contributed by atoms with Crippen LogP contribution in [0.1, 0.15) is 103 Å². The van der Waals surface area contributed by atoms with Crippen molar-refractivity contribution in [1.29, 1.82) is 0 Å². The summed E-state index contributed by atoms with van der Waals surface area (Å²) in [6.45, 7) is 29.2. The Balaban J connectivity index is 0.00000155. The number of allylic oxidation sites excluding steroid dienone is 3. The number of fused-ring (bicyclic) bond motifs is 4. The average molecular weight is 604 g/mol. The smallest absolute Gasteiger partial charge is 0.326 e. The zero-order valence-electron chi connectivity index (χ0n) is 29.5. The summed E-state index contributed by atoms with van der Waals surface area (Å²) < 4.78 is 18.7. The van der Waals surface area contributed by atoms with E-state index in [-0.39, 0.29) is 30.4 Å². The lowest BCUT2D eigenvalue weighted by Gasteiger charge is -2.53. The fourth-order valence-corrected chi connectivity index (χ4v) is 8.00. The maximum atomic E-state index is 13.4. The van der Waals surface area contributed by atoms with Crippen LogP contribution in [0.25, 0.3) is 0 Å². The van der Waals surface area contributed by atoms with Gasteiger partial charge in [-0.1, -0.05) is 73.6 Å². The largest absolute Gasteiger partial charge is 0.453 e. The molecule has 7 nitrogen and oxygen atoms in total. The highest BCUT2D eigenvalue weighted by atomic mass is 16.7. The molecule has 1 saturated heterocycles. The summed E-state index contributed by atoms with van der Waals surface area (Å²) in [7, 11) is 0. The highest BCUT2D eigenvalue weighted by molar-refractivity contribution is 5.75. The minimum Gasteiger partial charge on any atom is -0.453 e. The Morgan fingerprint density at radius 3 is 2.30 bits per heavy atom. The van der Waals surface area contributed by atoms with Crippen LogP contribution in [0.3, 0.4) is 0 Å². The van der Waals surface area contributed by atoms with E-state index >= 15 is 0 Å². The molecular weight excluding hydrogens is 542 g/mol. The number of rotatable bonds is 6. The minimum absolute atomic E-state index is 0.0496. The second-order valence-corrected chi connectivity index (χ2v) is 13.5. The van der Waals surface area contributed by atoms with E-state index < -0.39 is 35.0 Å². The number of hydrogen-bond acceptors (Lipinski definition) is 7. The van der Waals surface area contributed by atoms with Crippen LogP contribution in [0.4, 0.5) is 0 Å². The number of likely N-dealkylation sites (N-methyl/N-ethyl adjacent to an activating group) is 1. The van der Waals surface area contributed by atoms with Gasteiger partial charge in [0.2, 0.25) is 0 Å². The van der Waals surface area contributed by atoms with Gasteiger partial charge in [0.05, 0.1) is 12.0 Å². The van der Waals surface area contributed by atoms with Crippen molar-refractivity contribution in [2.75, 3.05) is 19.7 Å². The van der Waals surface area contributed by atoms with Gasteiger partial charge in [0.15, 0.2) is 17.5 Å². The molecule has 0 aromatic carbocycles. The lowest BCUT2D eigenvalue weighted by atomic mass is 9.61. The monoisotopic (exact) mass is 603 g/mol. The SMILES string of the molecule is C/C=C(/C)N(CC)CC(=O)OC1C(C)=CC2(C=O)[C@H](C)C[C@@H]3[C@H](C(C)/C=C4/COC(C)(C)OC4C12O)C3(C)C.CC.CC. The zero-order chi connectivity index (χ0) is 33.1. The quantitative estimate of drug-likeness (QED) is 0.197. The lowest BCUT2D eigenvalue weighted by molar-refractivity contribution is -0.304. The average Bonchev–Trinajstić information content (AvgIpc) is 3.44. The Morgan fingerprint density at radius 2 is 1.77 bits per heavy atom. The molecule has 0 amide bonds. The Kier molecular flexibility index (Phi) is 12.1. The second kappa shape index (κ2) is 14.0. The van der Waals surface area contributed by atoms with Crippen LogP contribution < -0.4 is 0 Å². The van der Waals surface area contributed by atoms with Gasteiger partial charge in [0, 0.05) is 12.2 Å². The van der Waals surface area contributed by atoms with E-state index in [0.29, 0.717) is 24.0 Å². The third-order valence-corrected chi connectivity index (χ3v) is 10.4. The first-order valence-electron chi connectivity index (χ1n) is 16.6. The van der Waals surface area contributed by atoms with Crippen molar-refractivity contribution in [1.82, 2.24) is 4.90 Å². The third kappa shape index (κ3) is 6.55. The molecule has 1 aliphatic heterocycles. The van der Waals surface area contributed by atoms with E-state index in [2.05, 4.69) is 26.8 Å². The number of ether oxygens (including phenoxy) is 3. The summed E-state index contributed by atoms with van der Waals surface area (Å²) in [5.41, 5.74) is -0.570. The van der Waals surface area contributed by atoms with Gasteiger partial charge in [0.25, 0.3) is 0 Å². The van der Waals surface area contributed by atoms with Crippen molar-refractivity contribution in [3.05, 3.63) is 35.1 Å². The van der Waals surface area contributed by atoms with E-state index in [9.17, 15) is 14.7 Å². The van der Waals surface area contributed by atoms with Crippen LogP contribution in [-0.2, 0) is 23.8 Å². The first-order chi connectivity index (χ1) is 20.1. The summed E-state index contributed by atoms with van der Waals surface area (Å²) in [5.74, 6) is -0.522. The predicted octanol–water partition coefficient (Wildman–Crippen LogP) is 7.10. The molecule has 0 radical (unpaired) electrons. The van der Waals surface area contributed by atoms with Gasteiger partial charge in [-0.2, -0.15) is 0 Å². The molecule has 7 heteroatoms. The minimum atomic E-state index is -1.83. The van der Waals surface area contributed by atoms with Crippen LogP contribution in [0.15, 0.2) is 35.1 Å². The number of carbonyl (C=O) groups is 2. The van der Waals surface area contributed by atoms with Crippen molar-refractivity contribution >= 4 is 12.3 Å². The molecule has 1 saturated carbocycles. The second-order valence-electron chi connectivity index (χ2n) is 13.5. The van der Waals surface area contributed by atoms with E-state index in [1.165, 1.54) is 0 Å². The number of nitrogens with zero attached hydrogens (tertiary/aromatic N) is 1. The van der Waals surface area contributed by atoms with Gasteiger partial charge in [-0.3, -0.25) is 4.79 Å². The van der Waals surface area contributed by atoms with Crippen molar-refractivity contribution in [3.63, 3.8) is 0 Å². The van der Waals surface area contributed by atoms with Crippen LogP contribution in [0, 0.1) is 34.5 Å². The van der Waals surface area contributed by atoms with Gasteiger partial charge < -0.3 is 29.0 Å². The molecule has 1 heterocycles. The summed E-state index contributed by atoms with van der Waals surface area (Å²) >= 11 is 0. The molecule has 0 aromatic rings. The summed E-state index contributed by atoms with van der Waals surface area (Å²) in [6, 6.07) is 0. The summed E-state index contributed by atoms with van der Waals surface area (Å²) in [6.07, 6.45) is 5.73. The number of hydrogen-bond donors (Lipinski definition) is 1. The van der Waals surface area contributed by atoms with Gasteiger partial charge in [0.1, 0.15) is 18.9 Å². The van der Waals surface area contributed by atoms with Crippen molar-refractivity contribution < 1.29 is 28.9 Å². The molecule has 0 aromatic heterocycles. The van der Waals surface area contributed by atoms with Crippen molar-refractivity contribution in [2.24, 2.45) is 34.5 Å². The van der Waals surface area contributed by atoms with E-state index in [1.54, 1.807) is 0 Å². The van der Waals surface area contributed by atoms with Gasteiger partial charge in [-0.25, -0.2) is 0 Å². The fourth-order valence-electron chi connectivity index (χ4n) is 8.00. The van der Waals surface area contributed by atoms with Crippen molar-refractivity contribution in [2.45, 2.75) is 127 Å². The van der Waals surface area contributed by atoms with Crippen molar-refractivity contribution in [3.8, 4) is 0 Å². The molecule has 0 bridgehead atoms. The summed E-state index contributed by atoms with van der Waals surface area (Å²) in [5, 5.41) is 13.0. The number of esters is 1. The van der Waals surface area contributed by atoms with Gasteiger partial charge in [-0.15, -0.1) is 0 Å². The molecule has 246 valence electrons. The molecule has 5 unspecified atom stereocenters. The Labute approximate surface area is 262 Å². The van der Waals surface area contributed by atoms with Crippen LogP contribution >= 0.6 is 0 Å². The number of aliphatic hydroxyl groups is 1. The first kappa shape index (κ1) is 37.2. The van der Waals surface area contributed by atoms with Gasteiger partial charge >= 0.3 is 5.97 Å². The van der Waals surface area contributed by atoms with Gasteiger partial charge in [-0.05, 0) is 88.2 Å². The molecule has 2 fully saturated rings. The Hall–Kier alpha value is -1.96. The van der Waals surface area contributed by atoms with E-state index in [1.807, 2.05) is 93.2 Å². The van der Waals surface area contributed by atoms with E-state index in [0.717, 1.165) is 24.0 Å². The standard InChI is InChI=1S/C32H49NO6.2C2H6/c1-11-22(6)33(12-2)16-25(35)38-27-20(4)15-31(18-34)21(5)14-24-26(29(24,7)8)19(3)13-23-17-37-30(9,10)39-28(23)32(27,31)36;2*1-2/h11,13,15,18-19,21,24,26-28,36H,12,14,16-17H2,1-10H3;2*1-2H3/b22-11-,23-13-;;/t19?,21-,24-,26+,27?,28?,31?,32?;;/m1../s1. The Bertz CT molecular complexity index is 1090. The molecule has 0 spiro atoms. The lowest BCUT2D eigenvalue weighted by Crippen LogP contribution is -2.67. The normalized spacial score (nSPS) is 38.4. The molecule has 3 aliphatic carbocycles. The molecule has 8 atom stereocenters. The molecule has 1 N–H and O–H groups in total. The number of aldehydes is 1. The molecule has 4 rings (SSSR count). The highest BCUT2D eigenvalue weighted by Crippen LogP contribution is 2.67. The highest BCUT2D eigenvalue weighted by Gasteiger charge is 2.70. The number of carbonyl (C=O) groups excluding carboxylic acids is 2. The fraction of sp³-hybridized carbons (Fsp3) is 0.778.